The van der Waals surface area contributed by atoms with Crippen molar-refractivity contribution in [1.29, 1.82) is 0 Å². The van der Waals surface area contributed by atoms with E-state index in [1.807, 2.05) is 32.0 Å². The third kappa shape index (κ3) is 7.66. The number of halogens is 1. The summed E-state index contributed by atoms with van der Waals surface area (Å²) in [5.41, 5.74) is 3.44. The molecule has 3 aromatic rings. The Hall–Kier alpha value is -3.69. The Morgan fingerprint density at radius 2 is 1.66 bits per heavy atom. The number of carbonyl (C=O) groups is 2. The summed E-state index contributed by atoms with van der Waals surface area (Å²) in [6, 6.07) is 15.1. The Bertz CT molecular complexity index is 1170. The number of benzene rings is 2. The smallest absolute Gasteiger partial charge is 0.322 e. The zero-order valence-corrected chi connectivity index (χ0v) is 22.0. The van der Waals surface area contributed by atoms with Crippen molar-refractivity contribution >= 4 is 17.6 Å². The van der Waals surface area contributed by atoms with Crippen LogP contribution < -0.4 is 5.32 Å². The highest BCUT2D eigenvalue weighted by Crippen LogP contribution is 2.20. The zero-order chi connectivity index (χ0) is 26.9. The first-order chi connectivity index (χ1) is 18.4. The Morgan fingerprint density at radius 3 is 2.32 bits per heavy atom. The van der Waals surface area contributed by atoms with E-state index in [-0.39, 0.29) is 37.4 Å². The standard InChI is InChI=1S/C29H35FN4O4/c1-22-5-3-6-23(2)28(22)31-29(36)33(13-12-32-14-17-37-18-15-32)21-27(35)34(20-26-7-4-16-38-26)19-24-8-10-25(30)11-9-24/h3-11,16H,12-15,17-21H2,1-2H3,(H,31,36). The predicted octanol–water partition coefficient (Wildman–Crippen LogP) is 4.43. The second-order valence-electron chi connectivity index (χ2n) is 9.53. The maximum Gasteiger partial charge on any atom is 0.322 e. The van der Waals surface area contributed by atoms with Gasteiger partial charge < -0.3 is 24.3 Å². The maximum atomic E-state index is 13.6. The molecule has 1 aliphatic heterocycles. The average Bonchev–Trinajstić information content (AvgIpc) is 3.43. The number of furan rings is 1. The van der Waals surface area contributed by atoms with Gasteiger partial charge in [-0.1, -0.05) is 30.3 Å². The molecule has 9 heteroatoms. The number of nitrogens with zero attached hydrogens (tertiary/aromatic N) is 3. The topological polar surface area (TPSA) is 78.3 Å². The second-order valence-corrected chi connectivity index (χ2v) is 9.53. The first-order valence-electron chi connectivity index (χ1n) is 12.9. The molecule has 0 radical (unpaired) electrons. The van der Waals surface area contributed by atoms with E-state index in [0.29, 0.717) is 32.1 Å². The molecule has 1 fully saturated rings. The molecule has 1 aliphatic rings. The van der Waals surface area contributed by atoms with E-state index < -0.39 is 0 Å². The molecule has 202 valence electrons. The first kappa shape index (κ1) is 27.3. The van der Waals surface area contributed by atoms with E-state index in [9.17, 15) is 14.0 Å². The van der Waals surface area contributed by atoms with Gasteiger partial charge in [0.2, 0.25) is 5.91 Å². The fourth-order valence-electron chi connectivity index (χ4n) is 4.43. The van der Waals surface area contributed by atoms with Crippen LogP contribution in [0.2, 0.25) is 0 Å². The van der Waals surface area contributed by atoms with Gasteiger partial charge in [-0.05, 0) is 54.8 Å². The van der Waals surface area contributed by atoms with Crippen molar-refractivity contribution < 1.29 is 23.1 Å². The van der Waals surface area contributed by atoms with Crippen LogP contribution in [0, 0.1) is 19.7 Å². The van der Waals surface area contributed by atoms with E-state index >= 15 is 0 Å². The zero-order valence-electron chi connectivity index (χ0n) is 22.0. The predicted molar refractivity (Wildman–Crippen MR) is 143 cm³/mol. The quantitative estimate of drug-likeness (QED) is 0.426. The molecule has 8 nitrogen and oxygen atoms in total. The molecule has 3 amide bonds. The number of anilines is 1. The number of morpholine rings is 1. The van der Waals surface area contributed by atoms with Crippen LogP contribution in [0.3, 0.4) is 0 Å². The lowest BCUT2D eigenvalue weighted by Gasteiger charge is -2.31. The molecular weight excluding hydrogens is 487 g/mol. The third-order valence-electron chi connectivity index (χ3n) is 6.68. The van der Waals surface area contributed by atoms with Crippen LogP contribution in [0.15, 0.2) is 65.3 Å². The summed E-state index contributed by atoms with van der Waals surface area (Å²) in [7, 11) is 0. The van der Waals surface area contributed by atoms with Gasteiger partial charge in [-0.2, -0.15) is 0 Å². The Morgan fingerprint density at radius 1 is 0.947 bits per heavy atom. The van der Waals surface area contributed by atoms with Crippen LogP contribution >= 0.6 is 0 Å². The number of hydrogen-bond acceptors (Lipinski definition) is 5. The number of hydrogen-bond donors (Lipinski definition) is 1. The van der Waals surface area contributed by atoms with Gasteiger partial charge >= 0.3 is 6.03 Å². The van der Waals surface area contributed by atoms with E-state index in [0.717, 1.165) is 35.5 Å². The van der Waals surface area contributed by atoms with Gasteiger partial charge in [0.25, 0.3) is 0 Å². The van der Waals surface area contributed by atoms with E-state index in [4.69, 9.17) is 9.15 Å². The highest BCUT2D eigenvalue weighted by Gasteiger charge is 2.24. The summed E-state index contributed by atoms with van der Waals surface area (Å²) in [5.74, 6) is 0.0554. The van der Waals surface area contributed by atoms with Crippen LogP contribution in [0.25, 0.3) is 0 Å². The van der Waals surface area contributed by atoms with Gasteiger partial charge in [0.15, 0.2) is 0 Å². The fraction of sp³-hybridized carbons (Fsp3) is 0.379. The number of carbonyl (C=O) groups excluding carboxylic acids is 2. The summed E-state index contributed by atoms with van der Waals surface area (Å²) in [6.45, 7) is 8.17. The summed E-state index contributed by atoms with van der Waals surface area (Å²) in [6.07, 6.45) is 1.56. The Labute approximate surface area is 223 Å². The van der Waals surface area contributed by atoms with E-state index in [2.05, 4.69) is 10.2 Å². The molecule has 4 rings (SSSR count). The van der Waals surface area contributed by atoms with Crippen molar-refractivity contribution in [2.45, 2.75) is 26.9 Å². The van der Waals surface area contributed by atoms with Crippen LogP contribution in [0.4, 0.5) is 14.9 Å². The Kier molecular flexibility index (Phi) is 9.51. The molecule has 1 aromatic heterocycles. The van der Waals surface area contributed by atoms with Gasteiger partial charge in [0.05, 0.1) is 26.0 Å². The molecule has 38 heavy (non-hydrogen) atoms. The third-order valence-corrected chi connectivity index (χ3v) is 6.68. The number of para-hydroxylation sites is 1. The highest BCUT2D eigenvalue weighted by molar-refractivity contribution is 5.93. The molecule has 0 atom stereocenters. The number of urea groups is 1. The number of ether oxygens (including phenoxy) is 1. The lowest BCUT2D eigenvalue weighted by molar-refractivity contribution is -0.133. The SMILES string of the molecule is Cc1cccc(C)c1NC(=O)N(CCN1CCOCC1)CC(=O)N(Cc1ccc(F)cc1)Cc1ccco1. The van der Waals surface area contributed by atoms with Crippen molar-refractivity contribution in [2.24, 2.45) is 0 Å². The molecular formula is C29H35FN4O4. The van der Waals surface area contributed by atoms with Gasteiger partial charge in [-0.3, -0.25) is 9.69 Å². The number of rotatable bonds is 10. The van der Waals surface area contributed by atoms with Crippen LogP contribution in [0.1, 0.15) is 22.5 Å². The summed E-state index contributed by atoms with van der Waals surface area (Å²) in [5, 5.41) is 3.02. The summed E-state index contributed by atoms with van der Waals surface area (Å²) < 4.78 is 24.4. The maximum absolute atomic E-state index is 13.6. The largest absolute Gasteiger partial charge is 0.467 e. The van der Waals surface area contributed by atoms with Crippen molar-refractivity contribution in [2.75, 3.05) is 51.3 Å². The minimum absolute atomic E-state index is 0.108. The monoisotopic (exact) mass is 522 g/mol. The molecule has 0 saturated carbocycles. The van der Waals surface area contributed by atoms with E-state index in [1.165, 1.54) is 12.1 Å². The molecule has 2 heterocycles. The average molecular weight is 523 g/mol. The van der Waals surface area contributed by atoms with Crippen molar-refractivity contribution in [3.05, 3.63) is 89.1 Å². The normalized spacial score (nSPS) is 13.8. The Balaban J connectivity index is 1.51. The van der Waals surface area contributed by atoms with Crippen molar-refractivity contribution in [3.63, 3.8) is 0 Å². The van der Waals surface area contributed by atoms with Gasteiger partial charge in [-0.15, -0.1) is 0 Å². The fourth-order valence-corrected chi connectivity index (χ4v) is 4.43. The molecule has 0 unspecified atom stereocenters. The number of aryl methyl sites for hydroxylation is 2. The van der Waals surface area contributed by atoms with Crippen LogP contribution in [-0.4, -0.2) is 72.6 Å². The number of amides is 3. The second kappa shape index (κ2) is 13.2. The van der Waals surface area contributed by atoms with Crippen LogP contribution in [0.5, 0.6) is 0 Å². The number of nitrogens with one attached hydrogen (secondary N) is 1. The van der Waals surface area contributed by atoms with Gasteiger partial charge in [-0.25, -0.2) is 9.18 Å². The van der Waals surface area contributed by atoms with Gasteiger partial charge in [0.1, 0.15) is 18.1 Å². The molecule has 1 saturated heterocycles. The molecule has 1 N–H and O–H groups in total. The molecule has 0 spiro atoms. The van der Waals surface area contributed by atoms with Crippen LogP contribution in [-0.2, 0) is 22.6 Å². The van der Waals surface area contributed by atoms with Gasteiger partial charge in [0, 0.05) is 38.4 Å². The summed E-state index contributed by atoms with van der Waals surface area (Å²) >= 11 is 0. The molecule has 2 aromatic carbocycles. The highest BCUT2D eigenvalue weighted by atomic mass is 19.1. The molecule has 0 bridgehead atoms. The van der Waals surface area contributed by atoms with Crippen molar-refractivity contribution in [3.8, 4) is 0 Å². The lowest BCUT2D eigenvalue weighted by atomic mass is 10.1. The van der Waals surface area contributed by atoms with E-state index in [1.54, 1.807) is 40.3 Å². The minimum Gasteiger partial charge on any atom is -0.467 e. The van der Waals surface area contributed by atoms with Crippen molar-refractivity contribution in [1.82, 2.24) is 14.7 Å². The lowest BCUT2D eigenvalue weighted by Crippen LogP contribution is -2.48. The molecule has 0 aliphatic carbocycles. The summed E-state index contributed by atoms with van der Waals surface area (Å²) in [4.78, 5) is 32.6. The minimum atomic E-state index is -0.338. The first-order valence-corrected chi connectivity index (χ1v) is 12.9.